The Kier molecular flexibility index (Phi) is 14.3. The van der Waals surface area contributed by atoms with Crippen molar-refractivity contribution < 1.29 is 68.7 Å². The quantitative estimate of drug-likeness (QED) is 0.0572. The number of nitrogens with zero attached hydrogens (tertiary/aromatic N) is 6. The molecule has 0 radical (unpaired) electrons. The molecule has 3 rings (SSSR count). The highest BCUT2D eigenvalue weighted by Gasteiger charge is 2.21. The maximum atomic E-state index is 12.3. The van der Waals surface area contributed by atoms with Gasteiger partial charge in [-0.15, -0.1) is 10.2 Å². The van der Waals surface area contributed by atoms with Crippen LogP contribution in [-0.2, 0) is 59.2 Å². The molecule has 0 aliphatic heterocycles. The zero-order valence-corrected chi connectivity index (χ0v) is 31.3. The molecule has 24 nitrogen and oxygen atoms in total. The number of rotatable bonds is 19. The lowest BCUT2D eigenvalue weighted by Crippen LogP contribution is -2.23. The van der Waals surface area contributed by atoms with E-state index in [4.69, 9.17) is 13.7 Å². The van der Waals surface area contributed by atoms with E-state index < -0.39 is 97.6 Å². The number of azo groups is 2. The number of benzene rings is 2. The predicted molar refractivity (Wildman–Crippen MR) is 185 cm³/mol. The third-order valence-electron chi connectivity index (χ3n) is 6.38. The van der Waals surface area contributed by atoms with Crippen molar-refractivity contribution in [3.05, 3.63) is 53.6 Å². The van der Waals surface area contributed by atoms with Crippen LogP contribution in [0.25, 0.3) is 0 Å². The molecule has 0 unspecified atom stereocenters. The summed E-state index contributed by atoms with van der Waals surface area (Å²) >= 11 is 0. The van der Waals surface area contributed by atoms with Gasteiger partial charge >= 0.3 is 20.8 Å². The maximum absolute atomic E-state index is 12.3. The smallest absolute Gasteiger partial charge is 0.368 e. The van der Waals surface area contributed by atoms with E-state index in [1.54, 1.807) is 0 Å². The van der Waals surface area contributed by atoms with E-state index in [1.807, 2.05) is 6.07 Å². The molecule has 0 saturated heterocycles. The fourth-order valence-electron chi connectivity index (χ4n) is 3.97. The van der Waals surface area contributed by atoms with Crippen LogP contribution in [0.4, 0.5) is 34.4 Å². The van der Waals surface area contributed by atoms with Crippen molar-refractivity contribution >= 4 is 85.3 Å². The Balaban J connectivity index is 1.97. The van der Waals surface area contributed by atoms with Crippen LogP contribution in [0.2, 0.25) is 0 Å². The van der Waals surface area contributed by atoms with Crippen LogP contribution in [0, 0.1) is 18.3 Å². The van der Waals surface area contributed by atoms with Gasteiger partial charge in [-0.3, -0.25) is 18.2 Å². The number of nitriles is 1. The van der Waals surface area contributed by atoms with Crippen molar-refractivity contribution in [2.45, 2.75) is 16.7 Å². The molecular weight excluding hydrogens is 829 g/mol. The van der Waals surface area contributed by atoms with Crippen molar-refractivity contribution in [1.82, 2.24) is 4.98 Å². The number of anilines is 2. The monoisotopic (exact) mass is 856 g/mol. The number of nitrogens with one attached hydrogen (secondary N) is 2. The number of sulfone groups is 1. The first-order valence-corrected chi connectivity index (χ1v) is 21.7. The van der Waals surface area contributed by atoms with Crippen LogP contribution in [0.15, 0.2) is 72.7 Å². The van der Waals surface area contributed by atoms with Gasteiger partial charge in [-0.05, 0) is 49.4 Å². The second kappa shape index (κ2) is 17.7. The van der Waals surface area contributed by atoms with E-state index in [9.17, 15) is 51.9 Å². The Morgan fingerprint density at radius 3 is 1.85 bits per heavy atom. The summed E-state index contributed by atoms with van der Waals surface area (Å²) in [6, 6.07) is 9.47. The van der Waals surface area contributed by atoms with Crippen LogP contribution in [-0.4, -0.2) is 103 Å². The number of hydrogen-bond acceptors (Lipinski definition) is 20. The van der Waals surface area contributed by atoms with E-state index in [0.29, 0.717) is 0 Å². The highest BCUT2D eigenvalue weighted by atomic mass is 32.3. The van der Waals surface area contributed by atoms with Crippen molar-refractivity contribution in [3.8, 4) is 6.07 Å². The average molecular weight is 857 g/mol. The molecule has 6 N–H and O–H groups in total. The Hall–Kier alpha value is -4.61. The summed E-state index contributed by atoms with van der Waals surface area (Å²) in [5.41, 5.74) is -0.932. The van der Waals surface area contributed by atoms with Crippen LogP contribution in [0.1, 0.15) is 11.1 Å². The molecule has 0 atom stereocenters. The second-order valence-corrected chi connectivity index (χ2v) is 17.6. The Morgan fingerprint density at radius 2 is 1.28 bits per heavy atom. The summed E-state index contributed by atoms with van der Waals surface area (Å²) in [6.07, 6.45) is 0. The normalized spacial score (nSPS) is 13.0. The van der Waals surface area contributed by atoms with E-state index in [2.05, 4.69) is 44.4 Å². The predicted octanol–water partition coefficient (Wildman–Crippen LogP) is 2.46. The van der Waals surface area contributed by atoms with Gasteiger partial charge in [0.25, 0.3) is 20.2 Å². The molecule has 1 aromatic heterocycles. The highest BCUT2D eigenvalue weighted by Crippen LogP contribution is 2.37. The molecule has 2 aromatic carbocycles. The minimum absolute atomic E-state index is 0.0141. The molecular formula is C25H28N8O16S5. The molecule has 0 aliphatic carbocycles. The minimum Gasteiger partial charge on any atom is -0.368 e. The highest BCUT2D eigenvalue weighted by molar-refractivity contribution is 7.91. The van der Waals surface area contributed by atoms with E-state index in [0.717, 1.165) is 24.3 Å². The topological polar surface area (TPSA) is 380 Å². The molecule has 1 heterocycles. The van der Waals surface area contributed by atoms with Crippen LogP contribution in [0.3, 0.4) is 0 Å². The standard InChI is InChI=1S/C25H28N8O16S5/c1-16-20(15-26)24(28-9-12-50(34,35)13-11-49-54(45,46)47)29-25(27-8-10-48-53(42,43)44)23(16)33-32-21-7-4-18(14-22(21)52(39,40)41)31-30-17-2-5-19(6-3-17)51(36,37)38/h2-7,14H,8-13H2,1H3,(H2,27,28,29)(H,36,37,38)(H,39,40,41)(H,42,43,44)(H,45,46,47). The zero-order valence-electron chi connectivity index (χ0n) is 27.2. The summed E-state index contributed by atoms with van der Waals surface area (Å²) in [5.74, 6) is -1.90. The summed E-state index contributed by atoms with van der Waals surface area (Å²) in [5, 5.41) is 30.7. The summed E-state index contributed by atoms with van der Waals surface area (Å²) in [4.78, 5) is 2.96. The summed E-state index contributed by atoms with van der Waals surface area (Å²) < 4.78 is 160. The second-order valence-electron chi connectivity index (χ2n) is 10.3. The summed E-state index contributed by atoms with van der Waals surface area (Å²) in [7, 11) is -23.2. The van der Waals surface area contributed by atoms with Crippen molar-refractivity contribution in [2.75, 3.05) is 48.4 Å². The lowest BCUT2D eigenvalue weighted by atomic mass is 10.1. The number of hydrogen-bond donors (Lipinski definition) is 6. The maximum Gasteiger partial charge on any atom is 0.397 e. The third kappa shape index (κ3) is 14.0. The van der Waals surface area contributed by atoms with Gasteiger partial charge in [-0.2, -0.15) is 49.2 Å². The fourth-order valence-corrected chi connectivity index (χ4v) is 6.74. The first kappa shape index (κ1) is 43.8. The van der Waals surface area contributed by atoms with E-state index in [1.165, 1.54) is 25.1 Å². The Morgan fingerprint density at radius 1 is 0.704 bits per heavy atom. The number of aromatic nitrogens is 1. The molecule has 54 heavy (non-hydrogen) atoms. The lowest BCUT2D eigenvalue weighted by molar-refractivity contribution is 0.278. The van der Waals surface area contributed by atoms with Gasteiger partial charge in [0, 0.05) is 18.7 Å². The molecule has 29 heteroatoms. The molecule has 3 aromatic rings. The van der Waals surface area contributed by atoms with E-state index in [-0.39, 0.29) is 46.4 Å². The minimum atomic E-state index is -5.01. The van der Waals surface area contributed by atoms with Gasteiger partial charge in [-0.25, -0.2) is 21.8 Å². The molecule has 0 aliphatic rings. The fraction of sp³-hybridized carbons (Fsp3) is 0.280. The first-order chi connectivity index (χ1) is 24.9. The van der Waals surface area contributed by atoms with Gasteiger partial charge in [0.05, 0.1) is 46.6 Å². The van der Waals surface area contributed by atoms with Crippen LogP contribution in [0.5, 0.6) is 0 Å². The molecule has 0 amide bonds. The Bertz CT molecular complexity index is 2540. The third-order valence-corrected chi connectivity index (χ3v) is 10.7. The van der Waals surface area contributed by atoms with E-state index >= 15 is 0 Å². The lowest BCUT2D eigenvalue weighted by Gasteiger charge is -2.15. The largest absolute Gasteiger partial charge is 0.397 e. The SMILES string of the molecule is Cc1c(C#N)c(NCCS(=O)(=O)CCOS(=O)(=O)O)nc(NCCOS(=O)(=O)O)c1N=Nc1ccc(N=Nc2ccc(S(=O)(=O)O)cc2)cc1S(=O)(=O)O. The Labute approximate surface area is 308 Å². The first-order valence-electron chi connectivity index (χ1n) is 14.3. The van der Waals surface area contributed by atoms with Crippen molar-refractivity contribution in [1.29, 1.82) is 5.26 Å². The van der Waals surface area contributed by atoms with Crippen LogP contribution >= 0.6 is 0 Å². The zero-order chi connectivity index (χ0) is 40.5. The average Bonchev–Trinajstić information content (AvgIpc) is 3.04. The van der Waals surface area contributed by atoms with Gasteiger partial charge < -0.3 is 10.6 Å². The van der Waals surface area contributed by atoms with Crippen molar-refractivity contribution in [3.63, 3.8) is 0 Å². The van der Waals surface area contributed by atoms with Crippen molar-refractivity contribution in [2.24, 2.45) is 20.5 Å². The molecule has 0 fully saturated rings. The molecule has 294 valence electrons. The number of pyridine rings is 1. The summed E-state index contributed by atoms with van der Waals surface area (Å²) in [6.45, 7) is -0.950. The van der Waals surface area contributed by atoms with Gasteiger partial charge in [0.15, 0.2) is 15.7 Å². The van der Waals surface area contributed by atoms with Gasteiger partial charge in [-0.1, -0.05) is 0 Å². The molecule has 0 spiro atoms. The van der Waals surface area contributed by atoms with Gasteiger partial charge in [0.2, 0.25) is 0 Å². The molecule has 0 saturated carbocycles. The van der Waals surface area contributed by atoms with Crippen LogP contribution < -0.4 is 10.6 Å². The van der Waals surface area contributed by atoms with Gasteiger partial charge in [0.1, 0.15) is 28.2 Å². The molecule has 0 bridgehead atoms.